The molecule has 6 nitrogen and oxygen atoms in total. The van der Waals surface area contributed by atoms with Crippen molar-refractivity contribution in [2.45, 2.75) is 32.8 Å². The molecule has 0 radical (unpaired) electrons. The molecule has 1 rings (SSSR count). The van der Waals surface area contributed by atoms with E-state index in [2.05, 4.69) is 4.72 Å². The van der Waals surface area contributed by atoms with Crippen molar-refractivity contribution in [2.24, 2.45) is 11.7 Å². The molecule has 0 aromatic heterocycles. The summed E-state index contributed by atoms with van der Waals surface area (Å²) in [5.41, 5.74) is 5.61. The van der Waals surface area contributed by atoms with Crippen molar-refractivity contribution in [3.8, 4) is 0 Å². The van der Waals surface area contributed by atoms with Crippen molar-refractivity contribution >= 4 is 10.2 Å². The van der Waals surface area contributed by atoms with Gasteiger partial charge in [0.25, 0.3) is 10.2 Å². The van der Waals surface area contributed by atoms with Crippen LogP contribution in [0, 0.1) is 5.92 Å². The van der Waals surface area contributed by atoms with Crippen molar-refractivity contribution in [1.29, 1.82) is 0 Å². The zero-order valence-corrected chi connectivity index (χ0v) is 12.1. The Morgan fingerprint density at radius 2 is 2.28 bits per heavy atom. The van der Waals surface area contributed by atoms with Gasteiger partial charge in [0.2, 0.25) is 0 Å². The fraction of sp³-hybridized carbons (Fsp3) is 1.00. The van der Waals surface area contributed by atoms with Crippen LogP contribution in [0.1, 0.15) is 26.7 Å². The van der Waals surface area contributed by atoms with Crippen molar-refractivity contribution < 1.29 is 13.2 Å². The normalized spacial score (nSPS) is 24.1. The van der Waals surface area contributed by atoms with E-state index in [1.54, 1.807) is 0 Å². The maximum absolute atomic E-state index is 12.1. The molecule has 2 unspecified atom stereocenters. The maximum atomic E-state index is 12.1. The Morgan fingerprint density at radius 1 is 1.56 bits per heavy atom. The van der Waals surface area contributed by atoms with Crippen LogP contribution in [0.5, 0.6) is 0 Å². The van der Waals surface area contributed by atoms with Crippen LogP contribution in [0.3, 0.4) is 0 Å². The van der Waals surface area contributed by atoms with Crippen molar-refractivity contribution in [1.82, 2.24) is 9.03 Å². The van der Waals surface area contributed by atoms with E-state index < -0.39 is 10.2 Å². The van der Waals surface area contributed by atoms with Crippen LogP contribution in [-0.4, -0.2) is 51.6 Å². The van der Waals surface area contributed by atoms with Gasteiger partial charge in [0.15, 0.2) is 0 Å². The maximum Gasteiger partial charge on any atom is 0.279 e. The largest absolute Gasteiger partial charge is 0.377 e. The predicted octanol–water partition coefficient (Wildman–Crippen LogP) is -0.0835. The number of nitrogens with one attached hydrogen (secondary N) is 1. The summed E-state index contributed by atoms with van der Waals surface area (Å²) in [7, 11) is -3.39. The molecule has 0 amide bonds. The number of rotatable bonds is 7. The van der Waals surface area contributed by atoms with Crippen molar-refractivity contribution in [3.63, 3.8) is 0 Å². The third kappa shape index (κ3) is 4.81. The quantitative estimate of drug-likeness (QED) is 0.682. The van der Waals surface area contributed by atoms with Gasteiger partial charge < -0.3 is 10.5 Å². The van der Waals surface area contributed by atoms with Gasteiger partial charge in [-0.05, 0) is 39.2 Å². The second-order valence-electron chi connectivity index (χ2n) is 4.72. The van der Waals surface area contributed by atoms with Gasteiger partial charge in [-0.3, -0.25) is 0 Å². The molecule has 108 valence electrons. The van der Waals surface area contributed by atoms with E-state index >= 15 is 0 Å². The van der Waals surface area contributed by atoms with E-state index in [0.29, 0.717) is 32.8 Å². The molecule has 0 bridgehead atoms. The first-order valence-corrected chi connectivity index (χ1v) is 8.00. The molecular weight excluding hydrogens is 254 g/mol. The highest BCUT2D eigenvalue weighted by molar-refractivity contribution is 7.87. The number of hydrogen-bond acceptors (Lipinski definition) is 4. The lowest BCUT2D eigenvalue weighted by molar-refractivity contribution is 0.0795. The van der Waals surface area contributed by atoms with Crippen LogP contribution in [-0.2, 0) is 14.9 Å². The van der Waals surface area contributed by atoms with E-state index in [0.717, 1.165) is 12.8 Å². The van der Waals surface area contributed by atoms with Gasteiger partial charge in [-0.15, -0.1) is 0 Å². The molecule has 3 N–H and O–H groups in total. The van der Waals surface area contributed by atoms with Gasteiger partial charge in [-0.1, -0.05) is 0 Å². The number of nitrogens with two attached hydrogens (primary N) is 1. The molecule has 18 heavy (non-hydrogen) atoms. The van der Waals surface area contributed by atoms with Crippen LogP contribution in [0.25, 0.3) is 0 Å². The molecule has 1 heterocycles. The molecule has 0 saturated carbocycles. The topological polar surface area (TPSA) is 84.7 Å². The minimum Gasteiger partial charge on any atom is -0.377 e. The number of hydrogen-bond donors (Lipinski definition) is 2. The predicted molar refractivity (Wildman–Crippen MR) is 71.4 cm³/mol. The highest BCUT2D eigenvalue weighted by Crippen LogP contribution is 2.17. The lowest BCUT2D eigenvalue weighted by Crippen LogP contribution is -2.48. The number of ether oxygens (including phenoxy) is 1. The number of piperidine rings is 1. The molecule has 1 saturated heterocycles. The Labute approximate surface area is 110 Å². The first-order chi connectivity index (χ1) is 8.49. The number of nitrogens with zero attached hydrogens (tertiary/aromatic N) is 1. The summed E-state index contributed by atoms with van der Waals surface area (Å²) in [6.07, 6.45) is 1.78. The van der Waals surface area contributed by atoms with E-state index in [9.17, 15) is 8.42 Å². The van der Waals surface area contributed by atoms with Gasteiger partial charge in [0, 0.05) is 26.2 Å². The second-order valence-corrected chi connectivity index (χ2v) is 6.48. The zero-order chi connectivity index (χ0) is 13.6. The lowest BCUT2D eigenvalue weighted by Gasteiger charge is -2.31. The summed E-state index contributed by atoms with van der Waals surface area (Å²) in [6.45, 7) is 6.28. The molecule has 7 heteroatoms. The van der Waals surface area contributed by atoms with E-state index in [4.69, 9.17) is 10.5 Å². The van der Waals surface area contributed by atoms with Crippen LogP contribution in [0.15, 0.2) is 0 Å². The summed E-state index contributed by atoms with van der Waals surface area (Å²) >= 11 is 0. The monoisotopic (exact) mass is 279 g/mol. The fourth-order valence-corrected chi connectivity index (χ4v) is 3.50. The molecule has 1 aliphatic heterocycles. The zero-order valence-electron chi connectivity index (χ0n) is 11.3. The molecule has 0 aromatic carbocycles. The molecule has 0 aromatic rings. The highest BCUT2D eigenvalue weighted by Gasteiger charge is 2.28. The Hall–Kier alpha value is -0.210. The van der Waals surface area contributed by atoms with E-state index in [-0.39, 0.29) is 12.0 Å². The summed E-state index contributed by atoms with van der Waals surface area (Å²) in [4.78, 5) is 0. The third-order valence-corrected chi connectivity index (χ3v) is 4.70. The van der Waals surface area contributed by atoms with Crippen LogP contribution < -0.4 is 10.5 Å². The van der Waals surface area contributed by atoms with Gasteiger partial charge in [0.05, 0.1) is 6.10 Å². The van der Waals surface area contributed by atoms with E-state index in [1.807, 2.05) is 13.8 Å². The Morgan fingerprint density at radius 3 is 2.89 bits per heavy atom. The first-order valence-electron chi connectivity index (χ1n) is 6.56. The molecule has 1 aliphatic rings. The smallest absolute Gasteiger partial charge is 0.279 e. The van der Waals surface area contributed by atoms with Crippen molar-refractivity contribution in [3.05, 3.63) is 0 Å². The van der Waals surface area contributed by atoms with Gasteiger partial charge in [0.1, 0.15) is 0 Å². The van der Waals surface area contributed by atoms with Gasteiger partial charge in [-0.2, -0.15) is 17.4 Å². The molecule has 0 spiro atoms. The minimum absolute atomic E-state index is 0.111. The lowest BCUT2D eigenvalue weighted by atomic mass is 10.0. The van der Waals surface area contributed by atoms with Crippen LogP contribution in [0.4, 0.5) is 0 Å². The molecule has 0 aliphatic carbocycles. The fourth-order valence-electron chi connectivity index (χ4n) is 2.09. The average molecular weight is 279 g/mol. The molecule has 2 atom stereocenters. The third-order valence-electron chi connectivity index (χ3n) is 3.16. The van der Waals surface area contributed by atoms with Crippen LogP contribution in [0.2, 0.25) is 0 Å². The summed E-state index contributed by atoms with van der Waals surface area (Å²) in [5, 5.41) is 0. The minimum atomic E-state index is -3.39. The summed E-state index contributed by atoms with van der Waals surface area (Å²) in [5.74, 6) is 0.277. The van der Waals surface area contributed by atoms with Crippen molar-refractivity contribution in [2.75, 3.05) is 32.8 Å². The average Bonchev–Trinajstić information content (AvgIpc) is 2.37. The second kappa shape index (κ2) is 7.40. The molecule has 1 fully saturated rings. The summed E-state index contributed by atoms with van der Waals surface area (Å²) < 4.78 is 33.5. The first kappa shape index (κ1) is 15.8. The molecular formula is C11H25N3O3S. The Kier molecular flexibility index (Phi) is 6.51. The van der Waals surface area contributed by atoms with Gasteiger partial charge >= 0.3 is 0 Å². The summed E-state index contributed by atoms with van der Waals surface area (Å²) in [6, 6.07) is 0. The van der Waals surface area contributed by atoms with Crippen LogP contribution >= 0.6 is 0 Å². The standard InChI is InChI=1S/C11H25N3O3S/c1-3-17-10(2)8-13-18(15,16)14-6-4-5-11(7-12)9-14/h10-11,13H,3-9,12H2,1-2H3. The Bertz CT molecular complexity index is 334. The van der Waals surface area contributed by atoms with Gasteiger partial charge in [-0.25, -0.2) is 0 Å². The SMILES string of the molecule is CCOC(C)CNS(=O)(=O)N1CCCC(CN)C1. The Balaban J connectivity index is 2.47. The van der Waals surface area contributed by atoms with E-state index in [1.165, 1.54) is 4.31 Å². The highest BCUT2D eigenvalue weighted by atomic mass is 32.2.